The van der Waals surface area contributed by atoms with Gasteiger partial charge >= 0.3 is 51.4 Å². The number of benzene rings is 2. The topological polar surface area (TPSA) is 0 Å². The van der Waals surface area contributed by atoms with Crippen molar-refractivity contribution in [3.8, 4) is 0 Å². The monoisotopic (exact) mass is 419 g/mol. The van der Waals surface area contributed by atoms with Crippen LogP contribution in [0.1, 0.15) is 41.5 Å². The summed E-state index contributed by atoms with van der Waals surface area (Å²) >= 11 is 0. The molecule has 0 radical (unpaired) electrons. The van der Waals surface area contributed by atoms with Gasteiger partial charge in [0.05, 0.1) is 0 Å². The van der Waals surface area contributed by atoms with E-state index in [1.807, 2.05) is 18.2 Å². The molecule has 0 nitrogen and oxygen atoms in total. The molecule has 2 aromatic carbocycles. The summed E-state index contributed by atoms with van der Waals surface area (Å²) in [4.78, 5) is 0. The van der Waals surface area contributed by atoms with Crippen LogP contribution in [0.5, 0.6) is 0 Å². The molecule has 30 heavy (non-hydrogen) atoms. The molecule has 0 aliphatic heterocycles. The first-order valence-corrected chi connectivity index (χ1v) is 11.0. The zero-order chi connectivity index (χ0) is 20.2. The van der Waals surface area contributed by atoms with Crippen molar-refractivity contribution in [1.29, 1.82) is 0 Å². The summed E-state index contributed by atoms with van der Waals surface area (Å²) in [5, 5.41) is 0. The van der Waals surface area contributed by atoms with E-state index >= 15 is 0 Å². The fourth-order valence-corrected chi connectivity index (χ4v) is 4.44. The molecular formula is C29H32K-. The zero-order valence-electron chi connectivity index (χ0n) is 18.8. The van der Waals surface area contributed by atoms with Crippen LogP contribution >= 0.6 is 0 Å². The Hall–Kier alpha value is -0.704. The van der Waals surface area contributed by atoms with Gasteiger partial charge in [-0.1, -0.05) is 83.5 Å². The number of rotatable bonds is 4. The third-order valence-electron chi connectivity index (χ3n) is 6.23. The van der Waals surface area contributed by atoms with Crippen LogP contribution in [0.4, 0.5) is 0 Å². The first-order valence-electron chi connectivity index (χ1n) is 11.0. The average molecular weight is 420 g/mol. The third kappa shape index (κ3) is 5.96. The molecule has 3 aliphatic rings. The molecule has 1 fully saturated rings. The molecule has 0 saturated heterocycles. The summed E-state index contributed by atoms with van der Waals surface area (Å²) in [6.45, 7) is 8.20. The van der Waals surface area contributed by atoms with Crippen molar-refractivity contribution >= 4 is 0 Å². The number of aryl methyl sites for hydroxylation is 2. The fraction of sp³-hybridized carbons (Fsp3) is 0.310. The maximum absolute atomic E-state index is 3.76. The first-order chi connectivity index (χ1) is 14.2. The molecule has 0 aromatic heterocycles. The molecular weight excluding hydrogens is 387 g/mol. The SMILES string of the molecule is Cc1ccc(C)c(CC2C=C(C3[CH-]C3)C3=CCCC=C32)c1.[CH2-]Cc1ccccc1.[K+]. The van der Waals surface area contributed by atoms with Gasteiger partial charge in [-0.2, -0.15) is 18.8 Å². The van der Waals surface area contributed by atoms with E-state index in [9.17, 15) is 0 Å². The number of fused-ring (bicyclic) bond motifs is 1. The fourth-order valence-electron chi connectivity index (χ4n) is 4.44. The van der Waals surface area contributed by atoms with Crippen molar-refractivity contribution in [2.24, 2.45) is 11.8 Å². The van der Waals surface area contributed by atoms with E-state index in [0.717, 1.165) is 18.8 Å². The maximum Gasteiger partial charge on any atom is 1.00 e. The number of hydrogen-bond donors (Lipinski definition) is 0. The van der Waals surface area contributed by atoms with E-state index in [0.29, 0.717) is 5.92 Å². The summed E-state index contributed by atoms with van der Waals surface area (Å²) in [5.41, 5.74) is 10.4. The smallest absolute Gasteiger partial charge is 0.339 e. The Morgan fingerprint density at radius 1 is 0.967 bits per heavy atom. The van der Waals surface area contributed by atoms with E-state index in [4.69, 9.17) is 0 Å². The Balaban J connectivity index is 0.000000242. The van der Waals surface area contributed by atoms with Crippen LogP contribution in [0.2, 0.25) is 0 Å². The van der Waals surface area contributed by atoms with Crippen molar-refractivity contribution in [3.05, 3.63) is 119 Å². The molecule has 0 spiro atoms. The molecule has 2 atom stereocenters. The average Bonchev–Trinajstić information content (AvgIpc) is 3.54. The molecule has 2 aromatic rings. The van der Waals surface area contributed by atoms with E-state index < -0.39 is 0 Å². The van der Waals surface area contributed by atoms with Crippen LogP contribution in [-0.4, -0.2) is 0 Å². The minimum Gasteiger partial charge on any atom is -0.339 e. The molecule has 0 bridgehead atoms. The summed E-state index contributed by atoms with van der Waals surface area (Å²) in [6.07, 6.45) is 15.8. The van der Waals surface area contributed by atoms with Gasteiger partial charge in [0.15, 0.2) is 0 Å². The summed E-state index contributed by atoms with van der Waals surface area (Å²) in [6, 6.07) is 17.1. The Morgan fingerprint density at radius 3 is 2.37 bits per heavy atom. The zero-order valence-corrected chi connectivity index (χ0v) is 21.9. The molecule has 2 unspecified atom stereocenters. The number of hydrogen-bond acceptors (Lipinski definition) is 0. The second-order valence-electron chi connectivity index (χ2n) is 8.53. The largest absolute Gasteiger partial charge is 1.00 e. The van der Waals surface area contributed by atoms with E-state index in [-0.39, 0.29) is 51.4 Å². The third-order valence-corrected chi connectivity index (χ3v) is 6.23. The second-order valence-corrected chi connectivity index (χ2v) is 8.53. The van der Waals surface area contributed by atoms with Gasteiger partial charge in [0.1, 0.15) is 0 Å². The molecule has 0 N–H and O–H groups in total. The Morgan fingerprint density at radius 2 is 1.70 bits per heavy atom. The normalized spacial score (nSPS) is 21.2. The van der Waals surface area contributed by atoms with Crippen LogP contribution in [-0.2, 0) is 12.8 Å². The van der Waals surface area contributed by atoms with Gasteiger partial charge in [-0.25, -0.2) is 0 Å². The molecule has 150 valence electrons. The summed E-state index contributed by atoms with van der Waals surface area (Å²) in [5.74, 6) is 1.35. The van der Waals surface area contributed by atoms with Crippen LogP contribution in [0.15, 0.2) is 83.5 Å². The van der Waals surface area contributed by atoms with Gasteiger partial charge in [0.25, 0.3) is 0 Å². The Kier molecular flexibility index (Phi) is 8.98. The first kappa shape index (κ1) is 23.9. The molecule has 1 heteroatoms. The van der Waals surface area contributed by atoms with Gasteiger partial charge in [0.2, 0.25) is 0 Å². The molecule has 1 saturated carbocycles. The Labute approximate surface area is 226 Å². The quantitative estimate of drug-likeness (QED) is 0.511. The van der Waals surface area contributed by atoms with Crippen molar-refractivity contribution in [2.75, 3.05) is 0 Å². The van der Waals surface area contributed by atoms with Crippen LogP contribution in [0.3, 0.4) is 0 Å². The maximum atomic E-state index is 3.76. The molecule has 5 rings (SSSR count). The van der Waals surface area contributed by atoms with Crippen molar-refractivity contribution in [2.45, 2.75) is 46.0 Å². The van der Waals surface area contributed by atoms with Gasteiger partial charge < -0.3 is 13.3 Å². The van der Waals surface area contributed by atoms with E-state index in [1.165, 1.54) is 41.5 Å². The van der Waals surface area contributed by atoms with Gasteiger partial charge in [0, 0.05) is 5.92 Å². The van der Waals surface area contributed by atoms with Gasteiger partial charge in [-0.05, 0) is 55.4 Å². The molecule has 3 aliphatic carbocycles. The van der Waals surface area contributed by atoms with Crippen LogP contribution in [0.25, 0.3) is 0 Å². The van der Waals surface area contributed by atoms with Gasteiger partial charge in [-0.15, -0.1) is 0 Å². The standard InChI is InChI=1S/C21H23.C8H9.K/c1-14-7-8-15(2)17(11-14)12-18-13-21(16-9-10-16)20-6-4-3-5-19(18)20;1-2-8-6-4-3-5-7-8;/h5-9,11,13,16,18H,3-4,10,12H2,1-2H3;3-7H,1-2H2;/q2*-1;+1. The minimum atomic E-state index is 0. The van der Waals surface area contributed by atoms with Crippen molar-refractivity contribution in [1.82, 2.24) is 0 Å². The van der Waals surface area contributed by atoms with Gasteiger partial charge in [-0.3, -0.25) is 0 Å². The Bertz CT molecular complexity index is 942. The predicted molar refractivity (Wildman–Crippen MR) is 125 cm³/mol. The molecule has 0 amide bonds. The second kappa shape index (κ2) is 11.2. The van der Waals surface area contributed by atoms with Crippen molar-refractivity contribution in [3.63, 3.8) is 0 Å². The van der Waals surface area contributed by atoms with Crippen LogP contribution < -0.4 is 51.4 Å². The molecule has 0 heterocycles. The van der Waals surface area contributed by atoms with Crippen molar-refractivity contribution < 1.29 is 51.4 Å². The predicted octanol–water partition coefficient (Wildman–Crippen LogP) is 4.34. The summed E-state index contributed by atoms with van der Waals surface area (Å²) < 4.78 is 0. The van der Waals surface area contributed by atoms with E-state index in [1.54, 1.807) is 16.7 Å². The van der Waals surface area contributed by atoms with E-state index in [2.05, 4.69) is 75.8 Å². The van der Waals surface area contributed by atoms with Crippen LogP contribution in [0, 0.1) is 39.0 Å². The summed E-state index contributed by atoms with van der Waals surface area (Å²) in [7, 11) is 0. The number of allylic oxidation sites excluding steroid dienone is 6. The minimum absolute atomic E-state index is 0.